The van der Waals surface area contributed by atoms with Crippen molar-refractivity contribution < 1.29 is 0 Å². The van der Waals surface area contributed by atoms with Gasteiger partial charge in [0.05, 0.1) is 0 Å². The van der Waals surface area contributed by atoms with E-state index in [9.17, 15) is 0 Å². The van der Waals surface area contributed by atoms with Crippen molar-refractivity contribution in [2.45, 2.75) is 44.7 Å². The lowest BCUT2D eigenvalue weighted by Crippen LogP contribution is -2.30. The van der Waals surface area contributed by atoms with E-state index >= 15 is 0 Å². The predicted octanol–water partition coefficient (Wildman–Crippen LogP) is 4.11. The number of anilines is 1. The Morgan fingerprint density at radius 1 is 1.32 bits per heavy atom. The third-order valence-corrected chi connectivity index (χ3v) is 4.83. The van der Waals surface area contributed by atoms with Crippen LogP contribution in [0, 0.1) is 5.92 Å². The Bertz CT molecular complexity index is 452. The van der Waals surface area contributed by atoms with E-state index in [1.54, 1.807) is 0 Å². The van der Waals surface area contributed by atoms with E-state index in [0.717, 1.165) is 12.0 Å². The molecule has 0 aromatic heterocycles. The van der Waals surface area contributed by atoms with Crippen molar-refractivity contribution in [2.75, 3.05) is 18.5 Å². The van der Waals surface area contributed by atoms with E-state index < -0.39 is 0 Å². The van der Waals surface area contributed by atoms with E-state index in [4.69, 9.17) is 0 Å². The molecular weight excluding hydrogens is 300 g/mol. The van der Waals surface area contributed by atoms with Crippen LogP contribution >= 0.6 is 15.9 Å². The van der Waals surface area contributed by atoms with Gasteiger partial charge in [-0.3, -0.25) is 0 Å². The molecule has 3 heteroatoms. The molecular formula is C16H23BrN2. The Balaban J connectivity index is 1.91. The van der Waals surface area contributed by atoms with Crippen molar-refractivity contribution in [1.29, 1.82) is 0 Å². The lowest BCUT2D eigenvalue weighted by molar-refractivity contribution is 0.640. The molecule has 3 rings (SSSR count). The molecule has 0 spiro atoms. The molecule has 0 bridgehead atoms. The zero-order valence-corrected chi connectivity index (χ0v) is 13.4. The average molecular weight is 323 g/mol. The van der Waals surface area contributed by atoms with Crippen LogP contribution in [0.25, 0.3) is 0 Å². The van der Waals surface area contributed by atoms with Gasteiger partial charge in [-0.15, -0.1) is 0 Å². The minimum atomic E-state index is 0.396. The fourth-order valence-corrected chi connectivity index (χ4v) is 3.08. The first kappa shape index (κ1) is 13.4. The van der Waals surface area contributed by atoms with Gasteiger partial charge < -0.3 is 10.2 Å². The zero-order chi connectivity index (χ0) is 13.4. The topological polar surface area (TPSA) is 15.3 Å². The second-order valence-electron chi connectivity index (χ2n) is 6.04. The summed E-state index contributed by atoms with van der Waals surface area (Å²) >= 11 is 3.61. The summed E-state index contributed by atoms with van der Waals surface area (Å²) < 4.78 is 1.18. The van der Waals surface area contributed by atoms with E-state index in [1.807, 2.05) is 7.05 Å². The molecule has 2 aliphatic carbocycles. The maximum atomic E-state index is 3.61. The number of nitrogens with zero attached hydrogens (tertiary/aromatic N) is 1. The molecule has 1 atom stereocenters. The lowest BCUT2D eigenvalue weighted by Gasteiger charge is -2.29. The minimum absolute atomic E-state index is 0.396. The molecule has 2 aliphatic rings. The summed E-state index contributed by atoms with van der Waals surface area (Å²) in [6.07, 6.45) is 5.60. The fraction of sp³-hybridized carbons (Fsp3) is 0.625. The normalized spacial score (nSPS) is 20.4. The van der Waals surface area contributed by atoms with Gasteiger partial charge in [-0.2, -0.15) is 0 Å². The molecule has 1 N–H and O–H groups in total. The van der Waals surface area contributed by atoms with Crippen molar-refractivity contribution in [1.82, 2.24) is 5.32 Å². The van der Waals surface area contributed by atoms with Crippen LogP contribution in [0.1, 0.15) is 44.2 Å². The highest BCUT2D eigenvalue weighted by molar-refractivity contribution is 9.10. The maximum Gasteiger partial charge on any atom is 0.0417 e. The highest BCUT2D eigenvalue weighted by Gasteiger charge is 2.35. The van der Waals surface area contributed by atoms with Gasteiger partial charge in [0.1, 0.15) is 0 Å². The molecule has 19 heavy (non-hydrogen) atoms. The molecule has 104 valence electrons. The fourth-order valence-electron chi connectivity index (χ4n) is 2.70. The summed E-state index contributed by atoms with van der Waals surface area (Å²) in [5, 5.41) is 3.38. The number of hydrogen-bond donors (Lipinski definition) is 1. The number of halogens is 1. The predicted molar refractivity (Wildman–Crippen MR) is 84.7 cm³/mol. The van der Waals surface area contributed by atoms with Gasteiger partial charge in [-0.05, 0) is 69.3 Å². The molecule has 0 radical (unpaired) electrons. The van der Waals surface area contributed by atoms with Crippen molar-refractivity contribution in [3.05, 3.63) is 28.2 Å². The van der Waals surface area contributed by atoms with Gasteiger partial charge in [-0.1, -0.05) is 15.9 Å². The summed E-state index contributed by atoms with van der Waals surface area (Å²) in [5.74, 6) is 0.946. The summed E-state index contributed by atoms with van der Waals surface area (Å²) in [6, 6.07) is 7.95. The first-order valence-corrected chi connectivity index (χ1v) is 8.21. The quantitative estimate of drug-likeness (QED) is 0.847. The van der Waals surface area contributed by atoms with E-state index in [-0.39, 0.29) is 0 Å². The summed E-state index contributed by atoms with van der Waals surface area (Å²) in [6.45, 7) is 3.50. The average Bonchev–Trinajstić information content (AvgIpc) is 3.27. The molecule has 0 heterocycles. The molecule has 2 nitrogen and oxygen atoms in total. The third kappa shape index (κ3) is 3.14. The first-order chi connectivity index (χ1) is 9.19. The van der Waals surface area contributed by atoms with Gasteiger partial charge in [0.25, 0.3) is 0 Å². The van der Waals surface area contributed by atoms with Crippen LogP contribution in [-0.2, 0) is 0 Å². The van der Waals surface area contributed by atoms with Crippen molar-refractivity contribution in [2.24, 2.45) is 5.92 Å². The Morgan fingerprint density at radius 2 is 2.05 bits per heavy atom. The number of benzene rings is 1. The van der Waals surface area contributed by atoms with Gasteiger partial charge >= 0.3 is 0 Å². The van der Waals surface area contributed by atoms with E-state index in [2.05, 4.69) is 51.3 Å². The van der Waals surface area contributed by atoms with Crippen LogP contribution in [0.15, 0.2) is 22.7 Å². The molecule has 0 aliphatic heterocycles. The standard InChI is InChI=1S/C16H23BrN2/c1-11(18-2)15-9-13(17)5-8-16(15)19(14-6-7-14)10-12-3-4-12/h5,8-9,11-12,14,18H,3-4,6-7,10H2,1-2H3. The largest absolute Gasteiger partial charge is 0.368 e. The second kappa shape index (κ2) is 5.45. The molecule has 1 unspecified atom stereocenters. The Kier molecular flexibility index (Phi) is 3.86. The Hall–Kier alpha value is -0.540. The van der Waals surface area contributed by atoms with Crippen LogP contribution in [0.2, 0.25) is 0 Å². The highest BCUT2D eigenvalue weighted by Crippen LogP contribution is 2.40. The smallest absolute Gasteiger partial charge is 0.0417 e. The minimum Gasteiger partial charge on any atom is -0.368 e. The highest BCUT2D eigenvalue weighted by atomic mass is 79.9. The monoisotopic (exact) mass is 322 g/mol. The summed E-state index contributed by atoms with van der Waals surface area (Å²) in [7, 11) is 2.04. The molecule has 2 fully saturated rings. The van der Waals surface area contributed by atoms with E-state index in [0.29, 0.717) is 6.04 Å². The van der Waals surface area contributed by atoms with Gasteiger partial charge in [0, 0.05) is 28.8 Å². The maximum absolute atomic E-state index is 3.61. The van der Waals surface area contributed by atoms with Gasteiger partial charge in [0.15, 0.2) is 0 Å². The van der Waals surface area contributed by atoms with Crippen molar-refractivity contribution in [3.8, 4) is 0 Å². The van der Waals surface area contributed by atoms with Crippen molar-refractivity contribution in [3.63, 3.8) is 0 Å². The lowest BCUT2D eigenvalue weighted by atomic mass is 10.0. The van der Waals surface area contributed by atoms with Crippen LogP contribution in [0.3, 0.4) is 0 Å². The van der Waals surface area contributed by atoms with Crippen LogP contribution in [-0.4, -0.2) is 19.6 Å². The molecule has 2 saturated carbocycles. The molecule has 1 aromatic carbocycles. The molecule has 1 aromatic rings. The molecule has 0 saturated heterocycles. The van der Waals surface area contributed by atoms with Gasteiger partial charge in [0.2, 0.25) is 0 Å². The first-order valence-electron chi connectivity index (χ1n) is 7.42. The second-order valence-corrected chi connectivity index (χ2v) is 6.96. The summed E-state index contributed by atoms with van der Waals surface area (Å²) in [4.78, 5) is 2.67. The Labute approximate surface area is 124 Å². The Morgan fingerprint density at radius 3 is 2.63 bits per heavy atom. The van der Waals surface area contributed by atoms with Crippen LogP contribution in [0.4, 0.5) is 5.69 Å². The van der Waals surface area contributed by atoms with Crippen LogP contribution < -0.4 is 10.2 Å². The number of nitrogens with one attached hydrogen (secondary N) is 1. The third-order valence-electron chi connectivity index (χ3n) is 4.34. The van der Waals surface area contributed by atoms with Crippen LogP contribution in [0.5, 0.6) is 0 Å². The van der Waals surface area contributed by atoms with Crippen molar-refractivity contribution >= 4 is 21.6 Å². The number of hydrogen-bond acceptors (Lipinski definition) is 2. The zero-order valence-electron chi connectivity index (χ0n) is 11.8. The summed E-state index contributed by atoms with van der Waals surface area (Å²) in [5.41, 5.74) is 2.86. The van der Waals surface area contributed by atoms with E-state index in [1.165, 1.54) is 48.0 Å². The molecule has 0 amide bonds. The number of rotatable bonds is 6. The SMILES string of the molecule is CNC(C)c1cc(Br)ccc1N(CC1CC1)C1CC1. The van der Waals surface area contributed by atoms with Gasteiger partial charge in [-0.25, -0.2) is 0 Å².